The highest BCUT2D eigenvalue weighted by molar-refractivity contribution is 6.30. The van der Waals surface area contributed by atoms with Crippen molar-refractivity contribution >= 4 is 40.7 Å². The molecule has 0 atom stereocenters. The van der Waals surface area contributed by atoms with Crippen molar-refractivity contribution < 1.29 is 24.1 Å². The number of amides is 3. The minimum Gasteiger partial charge on any atom is -0.280 e. The fourth-order valence-electron chi connectivity index (χ4n) is 2.54. The SMILES string of the molecule is CC(C)(C)ONC(=O)c1ccc(N(C(=O)CCl)c2ccc(C(=O)NOC(C)(C)C)cc2)cc1. The van der Waals surface area contributed by atoms with E-state index in [2.05, 4.69) is 11.0 Å². The summed E-state index contributed by atoms with van der Waals surface area (Å²) in [4.78, 5) is 49.1. The summed E-state index contributed by atoms with van der Waals surface area (Å²) in [7, 11) is 0. The maximum atomic E-state index is 12.6. The molecule has 0 aliphatic carbocycles. The van der Waals surface area contributed by atoms with Crippen LogP contribution in [0.15, 0.2) is 48.5 Å². The fraction of sp³-hybridized carbons (Fsp3) is 0.375. The van der Waals surface area contributed by atoms with Crippen molar-refractivity contribution in [3.05, 3.63) is 59.7 Å². The number of alkyl halides is 1. The quantitative estimate of drug-likeness (QED) is 0.453. The molecule has 3 amide bonds. The van der Waals surface area contributed by atoms with Crippen LogP contribution in [-0.2, 0) is 14.5 Å². The van der Waals surface area contributed by atoms with Gasteiger partial charge in [0.15, 0.2) is 0 Å². The lowest BCUT2D eigenvalue weighted by atomic mass is 10.1. The molecule has 2 aromatic carbocycles. The molecule has 9 heteroatoms. The number of nitrogens with zero attached hydrogens (tertiary/aromatic N) is 1. The Hall–Kier alpha value is -2.94. The zero-order valence-electron chi connectivity index (χ0n) is 19.7. The predicted octanol–water partition coefficient (Wildman–Crippen LogP) is 4.51. The molecule has 0 aromatic heterocycles. The molecule has 0 bridgehead atoms. The van der Waals surface area contributed by atoms with E-state index in [1.807, 2.05) is 41.5 Å². The van der Waals surface area contributed by atoms with E-state index in [4.69, 9.17) is 21.3 Å². The summed E-state index contributed by atoms with van der Waals surface area (Å²) >= 11 is 5.83. The Balaban J connectivity index is 2.20. The Morgan fingerprint density at radius 2 is 1.06 bits per heavy atom. The highest BCUT2D eigenvalue weighted by atomic mass is 35.5. The zero-order chi connectivity index (χ0) is 24.8. The normalized spacial score (nSPS) is 11.6. The van der Waals surface area contributed by atoms with Crippen molar-refractivity contribution in [2.45, 2.75) is 52.7 Å². The zero-order valence-corrected chi connectivity index (χ0v) is 20.4. The predicted molar refractivity (Wildman–Crippen MR) is 127 cm³/mol. The summed E-state index contributed by atoms with van der Waals surface area (Å²) in [6.07, 6.45) is 0. The van der Waals surface area contributed by atoms with Gasteiger partial charge in [0.2, 0.25) is 5.91 Å². The molecule has 2 aromatic rings. The van der Waals surface area contributed by atoms with Crippen LogP contribution in [0.4, 0.5) is 11.4 Å². The van der Waals surface area contributed by atoms with Gasteiger partial charge in [0.25, 0.3) is 11.8 Å². The highest BCUT2D eigenvalue weighted by Crippen LogP contribution is 2.27. The highest BCUT2D eigenvalue weighted by Gasteiger charge is 2.20. The molecule has 0 saturated carbocycles. The molecule has 0 spiro atoms. The molecule has 0 aliphatic heterocycles. The largest absolute Gasteiger partial charge is 0.280 e. The van der Waals surface area contributed by atoms with Gasteiger partial charge in [-0.1, -0.05) is 0 Å². The van der Waals surface area contributed by atoms with Crippen LogP contribution in [0.2, 0.25) is 0 Å². The van der Waals surface area contributed by atoms with Crippen LogP contribution in [0.1, 0.15) is 62.3 Å². The molecule has 178 valence electrons. The van der Waals surface area contributed by atoms with Gasteiger partial charge in [-0.25, -0.2) is 11.0 Å². The standard InChI is InChI=1S/C24H30ClN3O5/c1-23(2,3)32-26-21(30)16-7-11-18(12-8-16)28(20(29)15-25)19-13-9-17(10-14-19)22(31)27-33-24(4,5)6/h7-14H,15H2,1-6H3,(H,26,30)(H,27,31). The van der Waals surface area contributed by atoms with Crippen LogP contribution >= 0.6 is 11.6 Å². The summed E-state index contributed by atoms with van der Waals surface area (Å²) in [5.74, 6) is -1.42. The Kier molecular flexibility index (Phi) is 8.60. The van der Waals surface area contributed by atoms with E-state index in [0.717, 1.165) is 0 Å². The second-order valence-corrected chi connectivity index (χ2v) is 9.52. The van der Waals surface area contributed by atoms with Gasteiger partial charge in [-0.3, -0.25) is 29.0 Å². The monoisotopic (exact) mass is 475 g/mol. The maximum absolute atomic E-state index is 12.6. The number of rotatable bonds is 7. The Morgan fingerprint density at radius 3 is 1.33 bits per heavy atom. The third-order valence-corrected chi connectivity index (χ3v) is 4.27. The summed E-state index contributed by atoms with van der Waals surface area (Å²) in [5.41, 5.74) is 5.52. The summed E-state index contributed by atoms with van der Waals surface area (Å²) in [6.45, 7) is 10.9. The Labute approximate surface area is 199 Å². The molecule has 2 N–H and O–H groups in total. The van der Waals surface area contributed by atoms with Crippen LogP contribution in [0.25, 0.3) is 0 Å². The van der Waals surface area contributed by atoms with E-state index >= 15 is 0 Å². The van der Waals surface area contributed by atoms with Crippen LogP contribution in [0.3, 0.4) is 0 Å². The van der Waals surface area contributed by atoms with E-state index in [0.29, 0.717) is 22.5 Å². The number of anilines is 2. The first kappa shape index (κ1) is 26.3. The van der Waals surface area contributed by atoms with Crippen molar-refractivity contribution in [1.82, 2.24) is 11.0 Å². The van der Waals surface area contributed by atoms with Crippen molar-refractivity contribution in [2.75, 3.05) is 10.8 Å². The molecule has 0 aliphatic rings. The van der Waals surface area contributed by atoms with E-state index in [1.54, 1.807) is 48.5 Å². The van der Waals surface area contributed by atoms with E-state index in [1.165, 1.54) is 4.90 Å². The minimum absolute atomic E-state index is 0.247. The first-order valence-corrected chi connectivity index (χ1v) is 10.9. The van der Waals surface area contributed by atoms with Gasteiger partial charge < -0.3 is 0 Å². The van der Waals surface area contributed by atoms with Gasteiger partial charge in [-0.15, -0.1) is 11.6 Å². The third-order valence-electron chi connectivity index (χ3n) is 4.04. The lowest BCUT2D eigenvalue weighted by Crippen LogP contribution is -2.33. The van der Waals surface area contributed by atoms with Crippen LogP contribution < -0.4 is 15.9 Å². The first-order chi connectivity index (χ1) is 15.3. The average molecular weight is 476 g/mol. The molecule has 0 heterocycles. The summed E-state index contributed by atoms with van der Waals surface area (Å²) in [6, 6.07) is 12.9. The number of benzene rings is 2. The molecular weight excluding hydrogens is 446 g/mol. The fourth-order valence-corrected chi connectivity index (χ4v) is 2.66. The van der Waals surface area contributed by atoms with E-state index in [9.17, 15) is 14.4 Å². The van der Waals surface area contributed by atoms with E-state index < -0.39 is 23.0 Å². The molecule has 33 heavy (non-hydrogen) atoms. The topological polar surface area (TPSA) is 97.0 Å². The number of hydrogen-bond donors (Lipinski definition) is 2. The van der Waals surface area contributed by atoms with Crippen molar-refractivity contribution in [1.29, 1.82) is 0 Å². The lowest BCUT2D eigenvalue weighted by Gasteiger charge is -2.23. The van der Waals surface area contributed by atoms with Gasteiger partial charge in [0, 0.05) is 22.5 Å². The molecule has 0 radical (unpaired) electrons. The summed E-state index contributed by atoms with van der Waals surface area (Å²) < 4.78 is 0. The van der Waals surface area contributed by atoms with Crippen LogP contribution in [0.5, 0.6) is 0 Å². The lowest BCUT2D eigenvalue weighted by molar-refractivity contribution is -0.115. The molecule has 0 fully saturated rings. The number of hydrogen-bond acceptors (Lipinski definition) is 5. The average Bonchev–Trinajstić information content (AvgIpc) is 2.75. The van der Waals surface area contributed by atoms with Gasteiger partial charge in [0.05, 0.1) is 11.2 Å². The van der Waals surface area contributed by atoms with Gasteiger partial charge in [0.1, 0.15) is 5.88 Å². The van der Waals surface area contributed by atoms with Gasteiger partial charge >= 0.3 is 0 Å². The Morgan fingerprint density at radius 1 is 0.727 bits per heavy atom. The molecule has 2 rings (SSSR count). The van der Waals surface area contributed by atoms with Crippen LogP contribution in [0, 0.1) is 0 Å². The number of nitrogens with one attached hydrogen (secondary N) is 2. The van der Waals surface area contributed by atoms with Gasteiger partial charge in [-0.2, -0.15) is 0 Å². The Bertz CT molecular complexity index is 904. The molecule has 0 saturated heterocycles. The minimum atomic E-state index is -0.527. The van der Waals surface area contributed by atoms with Crippen LogP contribution in [-0.4, -0.2) is 34.8 Å². The first-order valence-electron chi connectivity index (χ1n) is 10.4. The summed E-state index contributed by atoms with van der Waals surface area (Å²) in [5, 5.41) is 0. The van der Waals surface area contributed by atoms with E-state index in [-0.39, 0.29) is 11.8 Å². The second-order valence-electron chi connectivity index (χ2n) is 9.25. The third kappa shape index (κ3) is 8.16. The molecule has 0 unspecified atom stereocenters. The smallest absolute Gasteiger partial charge is 0.274 e. The molecular formula is C24H30ClN3O5. The maximum Gasteiger partial charge on any atom is 0.274 e. The number of carbonyl (C=O) groups is 3. The number of carbonyl (C=O) groups excluding carboxylic acids is 3. The van der Waals surface area contributed by atoms with Crippen molar-refractivity contribution in [2.24, 2.45) is 0 Å². The van der Waals surface area contributed by atoms with Crippen molar-refractivity contribution in [3.63, 3.8) is 0 Å². The van der Waals surface area contributed by atoms with Gasteiger partial charge in [-0.05, 0) is 90.1 Å². The second kappa shape index (κ2) is 10.8. The van der Waals surface area contributed by atoms with Crippen molar-refractivity contribution in [3.8, 4) is 0 Å². The molecule has 8 nitrogen and oxygen atoms in total. The number of hydroxylamine groups is 2. The number of halogens is 1.